The lowest BCUT2D eigenvalue weighted by Gasteiger charge is -2.37. The van der Waals surface area contributed by atoms with Crippen molar-refractivity contribution in [1.82, 2.24) is 13.1 Å². The normalized spacial score (nSPS) is 17.0. The van der Waals surface area contributed by atoms with Gasteiger partial charge < -0.3 is 5.11 Å². The third-order valence-electron chi connectivity index (χ3n) is 3.93. The molecular weight excluding hydrogens is 316 g/mol. The van der Waals surface area contributed by atoms with Crippen LogP contribution in [0.3, 0.4) is 0 Å². The molecule has 0 heterocycles. The molecule has 1 N–H and O–H groups in total. The summed E-state index contributed by atoms with van der Waals surface area (Å²) in [5.41, 5.74) is -0.461. The van der Waals surface area contributed by atoms with Crippen molar-refractivity contribution in [3.63, 3.8) is 0 Å². The van der Waals surface area contributed by atoms with Crippen molar-refractivity contribution in [3.8, 4) is 0 Å². The van der Waals surface area contributed by atoms with E-state index in [0.717, 1.165) is 0 Å². The zero-order chi connectivity index (χ0) is 16.3. The van der Waals surface area contributed by atoms with Gasteiger partial charge in [-0.3, -0.25) is 4.44 Å². The molecule has 4 atom stereocenters. The van der Waals surface area contributed by atoms with E-state index in [4.69, 9.17) is 0 Å². The molecular formula is C11H29N3O3P2S. The summed E-state index contributed by atoms with van der Waals surface area (Å²) in [6.45, 7) is 7.58. The summed E-state index contributed by atoms with van der Waals surface area (Å²) in [4.78, 5) is 0. The van der Waals surface area contributed by atoms with Gasteiger partial charge in [-0.2, -0.15) is 17.0 Å². The number of likely N-dealkylation sites (N-methyl/N-ethyl adjacent to an activating group) is 1. The third-order valence-corrected chi connectivity index (χ3v) is 6.99. The highest BCUT2D eigenvalue weighted by atomic mass is 32.2. The second kappa shape index (κ2) is 7.77. The highest BCUT2D eigenvalue weighted by molar-refractivity contribution is 7.86. The second-order valence-electron chi connectivity index (χ2n) is 5.68. The van der Waals surface area contributed by atoms with E-state index in [1.807, 2.05) is 27.7 Å². The van der Waals surface area contributed by atoms with E-state index >= 15 is 0 Å². The van der Waals surface area contributed by atoms with E-state index in [1.54, 1.807) is 11.5 Å². The van der Waals surface area contributed by atoms with E-state index in [2.05, 4.69) is 18.8 Å². The molecule has 0 aliphatic rings. The molecule has 0 aliphatic carbocycles. The Morgan fingerprint density at radius 3 is 2.05 bits per heavy atom. The van der Waals surface area contributed by atoms with Gasteiger partial charge in [0.1, 0.15) is 0 Å². The Hall–Kier alpha value is 0.650. The van der Waals surface area contributed by atoms with E-state index in [-0.39, 0.29) is 12.6 Å². The Balaban J connectivity index is 4.97. The average molecular weight is 345 g/mol. The number of hydrogen-bond acceptors (Lipinski definition) is 4. The highest BCUT2D eigenvalue weighted by Gasteiger charge is 2.35. The molecule has 0 radical (unpaired) electrons. The fourth-order valence-corrected chi connectivity index (χ4v) is 3.36. The number of aliphatic hydroxyl groups excluding tert-OH is 1. The van der Waals surface area contributed by atoms with Crippen molar-refractivity contribution in [3.05, 3.63) is 0 Å². The van der Waals surface area contributed by atoms with Crippen LogP contribution in [0, 0.1) is 0 Å². The van der Waals surface area contributed by atoms with Gasteiger partial charge in [-0.05, 0) is 27.2 Å². The summed E-state index contributed by atoms with van der Waals surface area (Å²) >= 11 is 0. The van der Waals surface area contributed by atoms with Crippen molar-refractivity contribution < 1.29 is 13.5 Å². The molecule has 0 saturated heterocycles. The van der Waals surface area contributed by atoms with E-state index in [1.165, 1.54) is 15.7 Å². The first-order valence-electron chi connectivity index (χ1n) is 6.55. The van der Waals surface area contributed by atoms with Gasteiger partial charge in [0.15, 0.2) is 0 Å². The lowest BCUT2D eigenvalue weighted by molar-refractivity contribution is 0.106. The van der Waals surface area contributed by atoms with Crippen molar-refractivity contribution >= 4 is 29.0 Å². The predicted octanol–water partition coefficient (Wildman–Crippen LogP) is 0.915. The minimum atomic E-state index is -3.59. The first-order valence-corrected chi connectivity index (χ1v) is 8.97. The Morgan fingerprint density at radius 1 is 1.25 bits per heavy atom. The van der Waals surface area contributed by atoms with Gasteiger partial charge in [-0.25, -0.2) is 0 Å². The van der Waals surface area contributed by atoms with E-state index < -0.39 is 21.9 Å². The molecule has 0 aliphatic heterocycles. The zero-order valence-corrected chi connectivity index (χ0v) is 16.4. The standard InChI is InChI=1S/C11H29N3O3P2S/c1-7-11(3,4)13(6)20(16,17)12(5)8-10(15)9(2)14(18)19/h9-10,15H,7-8,18-19H2,1-6H3. The fraction of sp³-hybridized carbons (Fsp3) is 1.00. The van der Waals surface area contributed by atoms with Crippen molar-refractivity contribution in [2.45, 2.75) is 51.8 Å². The van der Waals surface area contributed by atoms with Gasteiger partial charge in [0.2, 0.25) is 0 Å². The van der Waals surface area contributed by atoms with Crippen LogP contribution in [0.5, 0.6) is 0 Å². The third kappa shape index (κ3) is 5.13. The number of rotatable bonds is 8. The van der Waals surface area contributed by atoms with Crippen LogP contribution in [0.2, 0.25) is 0 Å². The zero-order valence-electron chi connectivity index (χ0n) is 13.2. The molecule has 0 bridgehead atoms. The van der Waals surface area contributed by atoms with E-state index in [0.29, 0.717) is 6.42 Å². The van der Waals surface area contributed by atoms with Gasteiger partial charge in [0.25, 0.3) is 10.2 Å². The molecule has 0 spiro atoms. The minimum Gasteiger partial charge on any atom is -0.390 e. The number of nitrogens with zero attached hydrogens (tertiary/aromatic N) is 3. The molecule has 0 aromatic rings. The van der Waals surface area contributed by atoms with Crippen molar-refractivity contribution in [2.75, 3.05) is 20.6 Å². The lowest BCUT2D eigenvalue weighted by atomic mass is 10.0. The molecule has 20 heavy (non-hydrogen) atoms. The Morgan fingerprint density at radius 2 is 1.70 bits per heavy atom. The lowest BCUT2D eigenvalue weighted by Crippen LogP contribution is -2.52. The molecule has 0 saturated carbocycles. The molecule has 0 aromatic heterocycles. The minimum absolute atomic E-state index is 0.0485. The maximum Gasteiger partial charge on any atom is 0.282 e. The van der Waals surface area contributed by atoms with Gasteiger partial charge in [0, 0.05) is 32.2 Å². The highest BCUT2D eigenvalue weighted by Crippen LogP contribution is 2.22. The Labute approximate surface area is 128 Å². The summed E-state index contributed by atoms with van der Waals surface area (Å²) in [6.07, 6.45) is -0.0662. The summed E-state index contributed by atoms with van der Waals surface area (Å²) in [5.74, 6) is 0. The molecule has 0 amide bonds. The van der Waals surface area contributed by atoms with Crippen molar-refractivity contribution in [2.24, 2.45) is 0 Å². The summed E-state index contributed by atoms with van der Waals surface area (Å²) < 4.78 is 29.2. The van der Waals surface area contributed by atoms with Crippen LogP contribution in [0.1, 0.15) is 34.1 Å². The van der Waals surface area contributed by atoms with Crippen LogP contribution >= 0.6 is 18.8 Å². The van der Waals surface area contributed by atoms with Gasteiger partial charge in [-0.1, -0.05) is 25.7 Å². The average Bonchev–Trinajstić information content (AvgIpc) is 2.36. The van der Waals surface area contributed by atoms with Crippen molar-refractivity contribution in [1.29, 1.82) is 0 Å². The summed E-state index contributed by atoms with van der Waals surface area (Å²) in [6, 6.07) is -0.188. The molecule has 122 valence electrons. The number of aliphatic hydroxyl groups is 1. The Bertz CT molecular complexity index is 404. The smallest absolute Gasteiger partial charge is 0.282 e. The summed E-state index contributed by atoms with van der Waals surface area (Å²) in [5, 5.41) is 10.1. The first-order chi connectivity index (χ1) is 8.87. The SMILES string of the molecule is CCC(C)(C)N(C)S(=O)(=O)N(C)CC(O)C(C)N(P)P. The van der Waals surface area contributed by atoms with E-state index in [9.17, 15) is 13.5 Å². The first kappa shape index (κ1) is 20.6. The maximum atomic E-state index is 12.5. The van der Waals surface area contributed by atoms with Crippen LogP contribution in [0.15, 0.2) is 0 Å². The Kier molecular flexibility index (Phi) is 8.03. The topological polar surface area (TPSA) is 64.1 Å². The molecule has 6 nitrogen and oxygen atoms in total. The predicted molar refractivity (Wildman–Crippen MR) is 90.4 cm³/mol. The maximum absolute atomic E-state index is 12.5. The largest absolute Gasteiger partial charge is 0.390 e. The van der Waals surface area contributed by atoms with Crippen LogP contribution < -0.4 is 0 Å². The molecule has 0 fully saturated rings. The summed E-state index contributed by atoms with van der Waals surface area (Å²) in [7, 11) is 4.35. The van der Waals surface area contributed by atoms with Gasteiger partial charge >= 0.3 is 0 Å². The molecule has 9 heteroatoms. The van der Waals surface area contributed by atoms with Gasteiger partial charge in [-0.15, -0.1) is 0 Å². The van der Waals surface area contributed by atoms with Crippen LogP contribution in [-0.4, -0.2) is 64.9 Å². The van der Waals surface area contributed by atoms with Crippen LogP contribution in [-0.2, 0) is 10.2 Å². The molecule has 0 rings (SSSR count). The van der Waals surface area contributed by atoms with Crippen LogP contribution in [0.4, 0.5) is 0 Å². The second-order valence-corrected chi connectivity index (χ2v) is 9.53. The van der Waals surface area contributed by atoms with Gasteiger partial charge in [0.05, 0.1) is 6.10 Å². The number of hydrogen-bond donors (Lipinski definition) is 1. The molecule has 0 aromatic carbocycles. The fourth-order valence-electron chi connectivity index (χ4n) is 1.45. The quantitative estimate of drug-likeness (QED) is 0.665. The molecule has 4 unspecified atom stereocenters. The van der Waals surface area contributed by atoms with Crippen LogP contribution in [0.25, 0.3) is 0 Å². The monoisotopic (exact) mass is 345 g/mol.